The third-order valence-electron chi connectivity index (χ3n) is 7.74. The first-order chi connectivity index (χ1) is 17.9. The highest BCUT2D eigenvalue weighted by atomic mass is 35.5. The monoisotopic (exact) mass is 521 g/mol. The van der Waals surface area contributed by atoms with Crippen molar-refractivity contribution in [1.29, 1.82) is 0 Å². The fourth-order valence-corrected chi connectivity index (χ4v) is 6.18. The van der Waals surface area contributed by atoms with Crippen LogP contribution in [0.2, 0.25) is 5.02 Å². The molecule has 3 aliphatic rings. The van der Waals surface area contributed by atoms with Gasteiger partial charge in [-0.1, -0.05) is 41.9 Å². The summed E-state index contributed by atoms with van der Waals surface area (Å²) in [7, 11) is 3.19. The van der Waals surface area contributed by atoms with Gasteiger partial charge in [-0.05, 0) is 61.9 Å². The zero-order valence-corrected chi connectivity index (χ0v) is 22.1. The highest BCUT2D eigenvalue weighted by Gasteiger charge is 2.46. The minimum atomic E-state index is -0.550. The second-order valence-electron chi connectivity index (χ2n) is 9.97. The number of carbonyl (C=O) groups excluding carboxylic acids is 2. The molecule has 1 N–H and O–H groups in total. The van der Waals surface area contributed by atoms with E-state index in [-0.39, 0.29) is 23.8 Å². The summed E-state index contributed by atoms with van der Waals surface area (Å²) in [6, 6.07) is 13.2. The molecule has 2 aliphatic carbocycles. The van der Waals surface area contributed by atoms with E-state index in [1.165, 1.54) is 0 Å². The van der Waals surface area contributed by atoms with Gasteiger partial charge in [0.25, 0.3) is 0 Å². The Kier molecular flexibility index (Phi) is 7.29. The van der Waals surface area contributed by atoms with Crippen LogP contribution in [-0.2, 0) is 14.3 Å². The van der Waals surface area contributed by atoms with Crippen LogP contribution in [0.3, 0.4) is 0 Å². The molecule has 2 aromatic rings. The number of ether oxygens (including phenoxy) is 3. The van der Waals surface area contributed by atoms with Crippen LogP contribution in [0.15, 0.2) is 65.5 Å². The molecule has 0 bridgehead atoms. The van der Waals surface area contributed by atoms with E-state index in [4.69, 9.17) is 25.8 Å². The zero-order valence-electron chi connectivity index (χ0n) is 21.4. The van der Waals surface area contributed by atoms with E-state index >= 15 is 0 Å². The number of esters is 1. The molecule has 194 valence electrons. The van der Waals surface area contributed by atoms with Crippen LogP contribution in [0, 0.1) is 5.92 Å². The summed E-state index contributed by atoms with van der Waals surface area (Å²) in [5.74, 6) is -0.272. The summed E-state index contributed by atoms with van der Waals surface area (Å²) in [4.78, 5) is 27.4. The molecule has 1 heterocycles. The van der Waals surface area contributed by atoms with Gasteiger partial charge in [-0.15, -0.1) is 0 Å². The second kappa shape index (κ2) is 10.6. The number of methoxy groups -OCH3 is 2. The first-order valence-corrected chi connectivity index (χ1v) is 13.2. The molecule has 1 aliphatic heterocycles. The van der Waals surface area contributed by atoms with Gasteiger partial charge in [-0.3, -0.25) is 4.79 Å². The first-order valence-electron chi connectivity index (χ1n) is 12.8. The van der Waals surface area contributed by atoms with E-state index in [1.54, 1.807) is 20.3 Å². The average Bonchev–Trinajstić information content (AvgIpc) is 3.40. The third kappa shape index (κ3) is 4.87. The normalized spacial score (nSPS) is 23.7. The Morgan fingerprint density at radius 3 is 2.43 bits per heavy atom. The van der Waals surface area contributed by atoms with Crippen molar-refractivity contribution in [2.45, 2.75) is 57.0 Å². The molecule has 3 unspecified atom stereocenters. The van der Waals surface area contributed by atoms with E-state index in [0.717, 1.165) is 42.5 Å². The second-order valence-corrected chi connectivity index (χ2v) is 10.4. The molecule has 0 spiro atoms. The van der Waals surface area contributed by atoms with Gasteiger partial charge in [0.05, 0.1) is 25.7 Å². The molecule has 0 radical (unpaired) electrons. The number of nitrogens with one attached hydrogen (secondary N) is 1. The minimum Gasteiger partial charge on any atom is -0.493 e. The summed E-state index contributed by atoms with van der Waals surface area (Å²) in [5, 5.41) is 3.92. The molecule has 0 saturated heterocycles. The fraction of sp³-hybridized carbons (Fsp3) is 0.400. The maximum absolute atomic E-state index is 13.8. The van der Waals surface area contributed by atoms with Crippen molar-refractivity contribution in [3.63, 3.8) is 0 Å². The number of Topliss-reactive ketones (excluding diaryl/α,β-unsaturated/α-hetero) is 1. The predicted octanol–water partition coefficient (Wildman–Crippen LogP) is 6.06. The number of rotatable bonds is 6. The number of carbonyl (C=O) groups is 2. The molecular weight excluding hydrogens is 490 g/mol. The molecule has 7 heteroatoms. The van der Waals surface area contributed by atoms with E-state index in [2.05, 4.69) is 11.4 Å². The number of ketones is 1. The van der Waals surface area contributed by atoms with Crippen LogP contribution in [0.5, 0.6) is 11.5 Å². The predicted molar refractivity (Wildman–Crippen MR) is 142 cm³/mol. The van der Waals surface area contributed by atoms with Crippen molar-refractivity contribution in [3.8, 4) is 11.5 Å². The Labute approximate surface area is 222 Å². The lowest BCUT2D eigenvalue weighted by atomic mass is 9.68. The molecule has 2 aromatic carbocycles. The van der Waals surface area contributed by atoms with Gasteiger partial charge in [0, 0.05) is 34.7 Å². The fourth-order valence-electron chi connectivity index (χ4n) is 5.93. The molecule has 5 rings (SSSR count). The van der Waals surface area contributed by atoms with E-state index in [1.807, 2.05) is 43.3 Å². The SMILES string of the molecule is COc1ccc(C2C=C3NC(C)=C(C(=O)OC4CCCC4)C(c4ccccc4Cl)C3C(=O)C2)cc1OC. The maximum atomic E-state index is 13.8. The first kappa shape index (κ1) is 25.4. The van der Waals surface area contributed by atoms with Crippen LogP contribution in [-0.4, -0.2) is 32.1 Å². The van der Waals surface area contributed by atoms with Gasteiger partial charge < -0.3 is 19.5 Å². The molecule has 1 saturated carbocycles. The van der Waals surface area contributed by atoms with Crippen LogP contribution in [0.4, 0.5) is 0 Å². The summed E-state index contributed by atoms with van der Waals surface area (Å²) in [5.41, 5.74) is 3.69. The summed E-state index contributed by atoms with van der Waals surface area (Å²) in [6.07, 6.45) is 6.20. The Morgan fingerprint density at radius 1 is 1.00 bits per heavy atom. The molecule has 1 fully saturated rings. The zero-order chi connectivity index (χ0) is 26.1. The van der Waals surface area contributed by atoms with Crippen molar-refractivity contribution in [1.82, 2.24) is 5.32 Å². The van der Waals surface area contributed by atoms with E-state index in [9.17, 15) is 9.59 Å². The van der Waals surface area contributed by atoms with Gasteiger partial charge in [0.15, 0.2) is 11.5 Å². The number of halogens is 1. The number of allylic oxidation sites excluding steroid dienone is 3. The third-order valence-corrected chi connectivity index (χ3v) is 8.08. The lowest BCUT2D eigenvalue weighted by Gasteiger charge is -2.40. The van der Waals surface area contributed by atoms with Crippen LogP contribution >= 0.6 is 11.6 Å². The molecule has 0 amide bonds. The Bertz CT molecular complexity index is 1280. The van der Waals surface area contributed by atoms with Gasteiger partial charge in [-0.2, -0.15) is 0 Å². The Balaban J connectivity index is 1.56. The smallest absolute Gasteiger partial charge is 0.336 e. The molecule has 3 atom stereocenters. The number of hydrogen-bond donors (Lipinski definition) is 1. The van der Waals surface area contributed by atoms with Gasteiger partial charge in [-0.25, -0.2) is 4.79 Å². The van der Waals surface area contributed by atoms with Gasteiger partial charge >= 0.3 is 5.97 Å². The summed E-state index contributed by atoms with van der Waals surface area (Å²) in [6.45, 7) is 1.87. The number of benzene rings is 2. The molecule has 0 aromatic heterocycles. The van der Waals surface area contributed by atoms with Crippen LogP contribution in [0.25, 0.3) is 0 Å². The van der Waals surface area contributed by atoms with E-state index in [0.29, 0.717) is 34.2 Å². The Hall–Kier alpha value is -3.25. The van der Waals surface area contributed by atoms with Crippen LogP contribution < -0.4 is 14.8 Å². The molecular formula is C30H32ClNO5. The standard InChI is InChI=1S/C30H32ClNO5/c1-17-27(30(34)37-20-8-4-5-9-20)28(21-10-6-7-11-22(21)31)29-23(32-17)14-19(15-24(29)33)18-12-13-25(35-2)26(16-18)36-3/h6-7,10-14,16,19-20,28-29,32H,4-5,8-9,15H2,1-3H3. The van der Waals surface area contributed by atoms with Gasteiger partial charge in [0.2, 0.25) is 0 Å². The largest absolute Gasteiger partial charge is 0.493 e. The summed E-state index contributed by atoms with van der Waals surface area (Å²) < 4.78 is 16.8. The summed E-state index contributed by atoms with van der Waals surface area (Å²) >= 11 is 6.66. The molecule has 37 heavy (non-hydrogen) atoms. The number of hydrogen-bond acceptors (Lipinski definition) is 6. The van der Waals surface area contributed by atoms with Crippen molar-refractivity contribution in [2.24, 2.45) is 5.92 Å². The molecule has 6 nitrogen and oxygen atoms in total. The van der Waals surface area contributed by atoms with Gasteiger partial charge in [0.1, 0.15) is 11.9 Å². The van der Waals surface area contributed by atoms with Crippen molar-refractivity contribution >= 4 is 23.4 Å². The topological polar surface area (TPSA) is 73.9 Å². The highest BCUT2D eigenvalue weighted by molar-refractivity contribution is 6.31. The maximum Gasteiger partial charge on any atom is 0.336 e. The van der Waals surface area contributed by atoms with Crippen molar-refractivity contribution < 1.29 is 23.8 Å². The lowest BCUT2D eigenvalue weighted by Crippen LogP contribution is -2.42. The Morgan fingerprint density at radius 2 is 1.73 bits per heavy atom. The van der Waals surface area contributed by atoms with Crippen LogP contribution in [0.1, 0.15) is 62.0 Å². The van der Waals surface area contributed by atoms with E-state index < -0.39 is 11.8 Å². The minimum absolute atomic E-state index is 0.0494. The number of fused-ring (bicyclic) bond motifs is 1. The average molecular weight is 522 g/mol. The van der Waals surface area contributed by atoms with Crippen molar-refractivity contribution in [2.75, 3.05) is 14.2 Å². The highest BCUT2D eigenvalue weighted by Crippen LogP contribution is 2.48. The van der Waals surface area contributed by atoms with Crippen molar-refractivity contribution in [3.05, 3.63) is 81.7 Å². The lowest BCUT2D eigenvalue weighted by molar-refractivity contribution is -0.144. The quantitative estimate of drug-likeness (QED) is 0.466.